The van der Waals surface area contributed by atoms with Crippen molar-refractivity contribution in [2.24, 2.45) is 17.0 Å². The minimum atomic E-state index is 0.148. The second-order valence-corrected chi connectivity index (χ2v) is 9.93. The van der Waals surface area contributed by atoms with Gasteiger partial charge in [-0.2, -0.15) is 0 Å². The minimum Gasteiger partial charge on any atom is -0.399 e. The Hall–Kier alpha value is -2.32. The lowest BCUT2D eigenvalue weighted by Gasteiger charge is -2.37. The number of piperidine rings is 2. The molecule has 2 aliphatic heterocycles. The summed E-state index contributed by atoms with van der Waals surface area (Å²) in [4.78, 5) is 31.7. The van der Waals surface area contributed by atoms with Crippen LogP contribution < -0.4 is 0 Å². The summed E-state index contributed by atoms with van der Waals surface area (Å²) in [6.45, 7) is 8.48. The molecule has 0 bridgehead atoms. The lowest BCUT2D eigenvalue weighted by atomic mass is 9.88. The first-order valence-electron chi connectivity index (χ1n) is 11.5. The molecule has 2 saturated heterocycles. The SMILES string of the molecule is CO/N=C(/c1csc(C)n1)C1CCN(C(=O)C2CCN(Cc3ccnc(C)c3)CC2)CC1. The van der Waals surface area contributed by atoms with E-state index in [1.807, 2.05) is 25.4 Å². The highest BCUT2D eigenvalue weighted by atomic mass is 32.1. The number of carbonyl (C=O) groups excluding carboxylic acids is 1. The van der Waals surface area contributed by atoms with E-state index in [1.165, 1.54) is 5.56 Å². The van der Waals surface area contributed by atoms with E-state index in [1.54, 1.807) is 18.4 Å². The first-order chi connectivity index (χ1) is 15.5. The Kier molecular flexibility index (Phi) is 7.52. The number of amides is 1. The number of aromatic nitrogens is 2. The van der Waals surface area contributed by atoms with E-state index < -0.39 is 0 Å². The molecule has 0 unspecified atom stereocenters. The number of hydrogen-bond acceptors (Lipinski definition) is 7. The first-order valence-corrected chi connectivity index (χ1v) is 12.4. The van der Waals surface area contributed by atoms with Crippen molar-refractivity contribution in [1.82, 2.24) is 19.8 Å². The molecule has 2 aliphatic rings. The topological polar surface area (TPSA) is 70.9 Å². The van der Waals surface area contributed by atoms with Crippen LogP contribution >= 0.6 is 11.3 Å². The van der Waals surface area contributed by atoms with Crippen molar-refractivity contribution in [3.63, 3.8) is 0 Å². The van der Waals surface area contributed by atoms with Crippen LogP contribution in [0.25, 0.3) is 0 Å². The molecule has 0 aliphatic carbocycles. The lowest BCUT2D eigenvalue weighted by Crippen LogP contribution is -2.46. The zero-order valence-electron chi connectivity index (χ0n) is 19.3. The Morgan fingerprint density at radius 3 is 2.50 bits per heavy atom. The molecule has 32 heavy (non-hydrogen) atoms. The quantitative estimate of drug-likeness (QED) is 0.491. The van der Waals surface area contributed by atoms with E-state index >= 15 is 0 Å². The molecule has 0 spiro atoms. The van der Waals surface area contributed by atoms with Gasteiger partial charge >= 0.3 is 0 Å². The third kappa shape index (κ3) is 5.53. The van der Waals surface area contributed by atoms with Gasteiger partial charge in [-0.3, -0.25) is 14.7 Å². The average Bonchev–Trinajstić information content (AvgIpc) is 3.23. The molecule has 0 aromatic carbocycles. The number of thiazole rings is 1. The maximum absolute atomic E-state index is 13.2. The molecule has 0 saturated carbocycles. The fourth-order valence-electron chi connectivity index (χ4n) is 4.84. The van der Waals surface area contributed by atoms with E-state index in [4.69, 9.17) is 4.84 Å². The number of rotatable bonds is 6. The van der Waals surface area contributed by atoms with Crippen molar-refractivity contribution in [3.8, 4) is 0 Å². The summed E-state index contributed by atoms with van der Waals surface area (Å²) in [5.41, 5.74) is 4.19. The smallest absolute Gasteiger partial charge is 0.225 e. The average molecular weight is 456 g/mol. The van der Waals surface area contributed by atoms with Gasteiger partial charge < -0.3 is 9.74 Å². The van der Waals surface area contributed by atoms with Crippen LogP contribution in [0, 0.1) is 25.7 Å². The van der Waals surface area contributed by atoms with Crippen molar-refractivity contribution in [2.45, 2.75) is 46.1 Å². The van der Waals surface area contributed by atoms with Gasteiger partial charge in [0.25, 0.3) is 0 Å². The Morgan fingerprint density at radius 2 is 1.88 bits per heavy atom. The molecule has 2 aromatic heterocycles. The van der Waals surface area contributed by atoms with Crippen LogP contribution in [0.4, 0.5) is 0 Å². The third-order valence-electron chi connectivity index (χ3n) is 6.57. The van der Waals surface area contributed by atoms with Crippen LogP contribution in [0.5, 0.6) is 0 Å². The van der Waals surface area contributed by atoms with E-state index in [-0.39, 0.29) is 11.8 Å². The second kappa shape index (κ2) is 10.5. The van der Waals surface area contributed by atoms with Gasteiger partial charge in [-0.1, -0.05) is 5.16 Å². The number of nitrogens with zero attached hydrogens (tertiary/aromatic N) is 5. The van der Waals surface area contributed by atoms with Gasteiger partial charge in [0.05, 0.1) is 10.7 Å². The van der Waals surface area contributed by atoms with Crippen molar-refractivity contribution in [1.29, 1.82) is 0 Å². The highest BCUT2D eigenvalue weighted by molar-refractivity contribution is 7.09. The van der Waals surface area contributed by atoms with E-state index in [0.29, 0.717) is 5.91 Å². The number of likely N-dealkylation sites (tertiary alicyclic amines) is 2. The van der Waals surface area contributed by atoms with Gasteiger partial charge in [0.15, 0.2) is 0 Å². The Balaban J connectivity index is 1.27. The highest BCUT2D eigenvalue weighted by Gasteiger charge is 2.33. The fourth-order valence-corrected chi connectivity index (χ4v) is 5.45. The van der Waals surface area contributed by atoms with Gasteiger partial charge in [0.1, 0.15) is 12.8 Å². The number of aryl methyl sites for hydroxylation is 2. The maximum atomic E-state index is 13.2. The molecule has 0 radical (unpaired) electrons. The van der Waals surface area contributed by atoms with Gasteiger partial charge in [-0.15, -0.1) is 11.3 Å². The summed E-state index contributed by atoms with van der Waals surface area (Å²) in [6.07, 6.45) is 5.58. The van der Waals surface area contributed by atoms with Crippen molar-refractivity contribution < 1.29 is 9.63 Å². The van der Waals surface area contributed by atoms with Gasteiger partial charge in [-0.05, 0) is 70.3 Å². The van der Waals surface area contributed by atoms with Gasteiger partial charge in [0, 0.05) is 48.7 Å². The normalized spacial score (nSPS) is 19.3. The van der Waals surface area contributed by atoms with Gasteiger partial charge in [0.2, 0.25) is 5.91 Å². The van der Waals surface area contributed by atoms with Crippen molar-refractivity contribution >= 4 is 23.0 Å². The molecule has 172 valence electrons. The number of oxime groups is 1. The van der Waals surface area contributed by atoms with Crippen LogP contribution in [0.2, 0.25) is 0 Å². The third-order valence-corrected chi connectivity index (χ3v) is 7.34. The molecule has 8 heteroatoms. The maximum Gasteiger partial charge on any atom is 0.225 e. The van der Waals surface area contributed by atoms with Crippen LogP contribution in [0.1, 0.15) is 47.6 Å². The molecule has 4 heterocycles. The largest absolute Gasteiger partial charge is 0.399 e. The standard InChI is InChI=1S/C24H33N5O2S/c1-17-14-19(4-9-25-17)15-28-10-5-21(6-11-28)24(30)29-12-7-20(8-13-29)23(27-31-3)22-16-32-18(2)26-22/h4,9,14,16,20-21H,5-8,10-13,15H2,1-3H3/b27-23+. The van der Waals surface area contributed by atoms with Gasteiger partial charge in [-0.25, -0.2) is 4.98 Å². The van der Waals surface area contributed by atoms with Crippen LogP contribution in [-0.2, 0) is 16.2 Å². The number of hydrogen-bond donors (Lipinski definition) is 0. The predicted molar refractivity (Wildman–Crippen MR) is 127 cm³/mol. The number of pyridine rings is 1. The summed E-state index contributed by atoms with van der Waals surface area (Å²) in [5, 5.41) is 7.36. The number of carbonyl (C=O) groups is 1. The summed E-state index contributed by atoms with van der Waals surface area (Å²) < 4.78 is 0. The zero-order chi connectivity index (χ0) is 22.5. The predicted octanol–water partition coefficient (Wildman–Crippen LogP) is 3.66. The Morgan fingerprint density at radius 1 is 1.16 bits per heavy atom. The molecule has 4 rings (SSSR count). The lowest BCUT2D eigenvalue weighted by molar-refractivity contribution is -0.138. The van der Waals surface area contributed by atoms with Crippen LogP contribution in [0.3, 0.4) is 0 Å². The molecular formula is C24H33N5O2S. The summed E-state index contributed by atoms with van der Waals surface area (Å²) in [5.74, 6) is 0.763. The van der Waals surface area contributed by atoms with Crippen molar-refractivity contribution in [3.05, 3.63) is 45.7 Å². The van der Waals surface area contributed by atoms with Crippen LogP contribution in [0.15, 0.2) is 28.9 Å². The monoisotopic (exact) mass is 455 g/mol. The highest BCUT2D eigenvalue weighted by Crippen LogP contribution is 2.27. The summed E-state index contributed by atoms with van der Waals surface area (Å²) in [6, 6.07) is 4.23. The van der Waals surface area contributed by atoms with E-state index in [9.17, 15) is 4.79 Å². The summed E-state index contributed by atoms with van der Waals surface area (Å²) >= 11 is 1.63. The van der Waals surface area contributed by atoms with Crippen LogP contribution in [-0.4, -0.2) is 64.7 Å². The first kappa shape index (κ1) is 22.9. The molecule has 0 N–H and O–H groups in total. The fraction of sp³-hybridized carbons (Fsp3) is 0.583. The molecule has 2 fully saturated rings. The molecule has 1 amide bonds. The molecule has 7 nitrogen and oxygen atoms in total. The minimum absolute atomic E-state index is 0.148. The van der Waals surface area contributed by atoms with E-state index in [2.05, 4.69) is 37.1 Å². The Bertz CT molecular complexity index is 943. The molecule has 2 aromatic rings. The Labute approximate surface area is 194 Å². The second-order valence-electron chi connectivity index (χ2n) is 8.87. The molecular weight excluding hydrogens is 422 g/mol. The van der Waals surface area contributed by atoms with E-state index in [0.717, 1.165) is 80.5 Å². The summed E-state index contributed by atoms with van der Waals surface area (Å²) in [7, 11) is 1.58. The molecule has 0 atom stereocenters. The van der Waals surface area contributed by atoms with Crippen molar-refractivity contribution in [2.75, 3.05) is 33.3 Å². The zero-order valence-corrected chi connectivity index (χ0v) is 20.1.